The number of sulfonamides is 1. The average Bonchev–Trinajstić information content (AvgIpc) is 2.45. The first-order valence-corrected chi connectivity index (χ1v) is 8.30. The van der Waals surface area contributed by atoms with Crippen LogP contribution in [0.25, 0.3) is 0 Å². The molecule has 0 aliphatic carbocycles. The predicted octanol–water partition coefficient (Wildman–Crippen LogP) is 1.07. The molecule has 1 aromatic carbocycles. The second-order valence-electron chi connectivity index (χ2n) is 5.31. The number of hydrogen-bond acceptors (Lipinski definition) is 5. The van der Waals surface area contributed by atoms with Crippen LogP contribution in [0.3, 0.4) is 0 Å². The van der Waals surface area contributed by atoms with Gasteiger partial charge in [0.15, 0.2) is 0 Å². The van der Waals surface area contributed by atoms with Crippen LogP contribution >= 0.6 is 0 Å². The van der Waals surface area contributed by atoms with E-state index in [1.165, 1.54) is 24.6 Å². The minimum Gasteiger partial charge on any atom is -0.497 e. The van der Waals surface area contributed by atoms with Crippen molar-refractivity contribution in [1.82, 2.24) is 9.62 Å². The minimum atomic E-state index is -3.58. The summed E-state index contributed by atoms with van der Waals surface area (Å²) in [4.78, 5) is 0.173. The zero-order chi connectivity index (χ0) is 15.6. The van der Waals surface area contributed by atoms with Crippen LogP contribution in [0.4, 0.5) is 0 Å². The molecule has 0 saturated carbocycles. The number of ether oxygens (including phenoxy) is 2. The number of rotatable bonds is 4. The quantitative estimate of drug-likeness (QED) is 0.900. The zero-order valence-electron chi connectivity index (χ0n) is 12.8. The lowest BCUT2D eigenvalue weighted by Crippen LogP contribution is -2.55. The van der Waals surface area contributed by atoms with Crippen molar-refractivity contribution in [3.8, 4) is 11.5 Å². The summed E-state index contributed by atoms with van der Waals surface area (Å²) in [7, 11) is -0.597. The second-order valence-corrected chi connectivity index (χ2v) is 7.21. The van der Waals surface area contributed by atoms with E-state index in [0.29, 0.717) is 24.6 Å². The van der Waals surface area contributed by atoms with Gasteiger partial charge in [-0.05, 0) is 26.0 Å². The Kier molecular flexibility index (Phi) is 4.75. The van der Waals surface area contributed by atoms with Crippen molar-refractivity contribution in [2.75, 3.05) is 27.3 Å². The molecule has 2 unspecified atom stereocenters. The first-order valence-electron chi connectivity index (χ1n) is 6.86. The van der Waals surface area contributed by atoms with Gasteiger partial charge in [-0.25, -0.2) is 8.42 Å². The van der Waals surface area contributed by atoms with Crippen molar-refractivity contribution < 1.29 is 17.9 Å². The number of benzene rings is 1. The van der Waals surface area contributed by atoms with E-state index in [1.54, 1.807) is 12.1 Å². The fraction of sp³-hybridized carbons (Fsp3) is 0.571. The summed E-state index contributed by atoms with van der Waals surface area (Å²) in [6.07, 6.45) is 0. The summed E-state index contributed by atoms with van der Waals surface area (Å²) in [5.41, 5.74) is 0. The van der Waals surface area contributed by atoms with E-state index < -0.39 is 10.0 Å². The molecule has 21 heavy (non-hydrogen) atoms. The molecule has 0 radical (unpaired) electrons. The maximum absolute atomic E-state index is 12.8. The van der Waals surface area contributed by atoms with Gasteiger partial charge >= 0.3 is 0 Å². The van der Waals surface area contributed by atoms with E-state index in [2.05, 4.69) is 5.32 Å². The SMILES string of the molecule is COc1ccc(S(=O)(=O)N2CC(C)NC(C)C2)c(OC)c1. The van der Waals surface area contributed by atoms with Crippen molar-refractivity contribution in [3.63, 3.8) is 0 Å². The Morgan fingerprint density at radius 1 is 1.14 bits per heavy atom. The maximum atomic E-state index is 12.8. The molecule has 1 aliphatic heterocycles. The summed E-state index contributed by atoms with van der Waals surface area (Å²) >= 11 is 0. The molecular formula is C14H22N2O4S. The molecule has 1 aromatic rings. The lowest BCUT2D eigenvalue weighted by Gasteiger charge is -2.35. The number of nitrogens with zero attached hydrogens (tertiary/aromatic N) is 1. The topological polar surface area (TPSA) is 67.9 Å². The van der Waals surface area contributed by atoms with Crippen LogP contribution < -0.4 is 14.8 Å². The number of nitrogens with one attached hydrogen (secondary N) is 1. The summed E-state index contributed by atoms with van der Waals surface area (Å²) in [6.45, 7) is 4.84. The highest BCUT2D eigenvalue weighted by atomic mass is 32.2. The smallest absolute Gasteiger partial charge is 0.246 e. The van der Waals surface area contributed by atoms with Crippen LogP contribution in [0.5, 0.6) is 11.5 Å². The van der Waals surface area contributed by atoms with Gasteiger partial charge in [0.25, 0.3) is 0 Å². The fourth-order valence-corrected chi connectivity index (χ4v) is 4.35. The molecule has 0 bridgehead atoms. The minimum absolute atomic E-state index is 0.118. The van der Waals surface area contributed by atoms with Crippen molar-refractivity contribution in [1.29, 1.82) is 0 Å². The van der Waals surface area contributed by atoms with Gasteiger partial charge in [0.1, 0.15) is 16.4 Å². The molecule has 6 nitrogen and oxygen atoms in total. The lowest BCUT2D eigenvalue weighted by molar-refractivity contribution is 0.262. The number of piperazine rings is 1. The van der Waals surface area contributed by atoms with Gasteiger partial charge in [0.05, 0.1) is 14.2 Å². The van der Waals surface area contributed by atoms with E-state index in [1.807, 2.05) is 13.8 Å². The molecule has 2 rings (SSSR count). The van der Waals surface area contributed by atoms with Crippen molar-refractivity contribution in [3.05, 3.63) is 18.2 Å². The van der Waals surface area contributed by atoms with Crippen molar-refractivity contribution >= 4 is 10.0 Å². The largest absolute Gasteiger partial charge is 0.497 e. The van der Waals surface area contributed by atoms with Crippen molar-refractivity contribution in [2.24, 2.45) is 0 Å². The van der Waals surface area contributed by atoms with Crippen LogP contribution in [0, 0.1) is 0 Å². The maximum Gasteiger partial charge on any atom is 0.246 e. The fourth-order valence-electron chi connectivity index (χ4n) is 2.60. The molecule has 0 amide bonds. The Hall–Kier alpha value is -1.31. The molecular weight excluding hydrogens is 292 g/mol. The lowest BCUT2D eigenvalue weighted by atomic mass is 10.2. The van der Waals surface area contributed by atoms with E-state index in [9.17, 15) is 8.42 Å². The second kappa shape index (κ2) is 6.21. The van der Waals surface area contributed by atoms with Gasteiger partial charge in [0.2, 0.25) is 10.0 Å². The number of methoxy groups -OCH3 is 2. The Labute approximate surface area is 126 Å². The monoisotopic (exact) mass is 314 g/mol. The third kappa shape index (κ3) is 3.30. The average molecular weight is 314 g/mol. The van der Waals surface area contributed by atoms with Gasteiger partial charge in [-0.15, -0.1) is 0 Å². The first-order chi connectivity index (χ1) is 9.88. The summed E-state index contributed by atoms with van der Waals surface area (Å²) < 4.78 is 37.5. The van der Waals surface area contributed by atoms with Crippen LogP contribution in [-0.4, -0.2) is 52.1 Å². The van der Waals surface area contributed by atoms with Gasteiger partial charge < -0.3 is 14.8 Å². The van der Waals surface area contributed by atoms with E-state index in [4.69, 9.17) is 9.47 Å². The van der Waals surface area contributed by atoms with Crippen LogP contribution in [0.1, 0.15) is 13.8 Å². The zero-order valence-corrected chi connectivity index (χ0v) is 13.6. The molecule has 118 valence electrons. The van der Waals surface area contributed by atoms with E-state index >= 15 is 0 Å². The van der Waals surface area contributed by atoms with Crippen LogP contribution in [0.2, 0.25) is 0 Å². The third-order valence-electron chi connectivity index (χ3n) is 3.51. The Morgan fingerprint density at radius 3 is 2.29 bits per heavy atom. The summed E-state index contributed by atoms with van der Waals surface area (Å²) in [5.74, 6) is 0.862. The molecule has 1 heterocycles. The molecule has 1 saturated heterocycles. The van der Waals surface area contributed by atoms with Gasteiger partial charge in [-0.2, -0.15) is 4.31 Å². The van der Waals surface area contributed by atoms with Crippen LogP contribution in [-0.2, 0) is 10.0 Å². The molecule has 1 fully saturated rings. The highest BCUT2D eigenvalue weighted by molar-refractivity contribution is 7.89. The number of hydrogen-bond donors (Lipinski definition) is 1. The van der Waals surface area contributed by atoms with E-state index in [-0.39, 0.29) is 17.0 Å². The third-order valence-corrected chi connectivity index (χ3v) is 5.38. The highest BCUT2D eigenvalue weighted by Gasteiger charge is 2.33. The Bertz CT molecular complexity index is 593. The molecule has 2 atom stereocenters. The Morgan fingerprint density at radius 2 is 1.76 bits per heavy atom. The summed E-state index contributed by atoms with van der Waals surface area (Å²) in [5, 5.41) is 3.32. The van der Waals surface area contributed by atoms with E-state index in [0.717, 1.165) is 0 Å². The molecule has 1 N–H and O–H groups in total. The van der Waals surface area contributed by atoms with Crippen LogP contribution in [0.15, 0.2) is 23.1 Å². The predicted molar refractivity (Wildman–Crippen MR) is 80.4 cm³/mol. The van der Waals surface area contributed by atoms with Gasteiger partial charge in [-0.1, -0.05) is 0 Å². The summed E-state index contributed by atoms with van der Waals surface area (Å²) in [6, 6.07) is 4.98. The van der Waals surface area contributed by atoms with Gasteiger partial charge in [0, 0.05) is 31.2 Å². The molecule has 0 aromatic heterocycles. The van der Waals surface area contributed by atoms with Crippen molar-refractivity contribution in [2.45, 2.75) is 30.8 Å². The standard InChI is InChI=1S/C14H22N2O4S/c1-10-8-16(9-11(2)15-10)21(17,18)14-6-5-12(19-3)7-13(14)20-4/h5-7,10-11,15H,8-9H2,1-4H3. The molecule has 1 aliphatic rings. The highest BCUT2D eigenvalue weighted by Crippen LogP contribution is 2.31. The normalized spacial score (nSPS) is 23.8. The molecule has 7 heteroatoms. The van der Waals surface area contributed by atoms with Gasteiger partial charge in [-0.3, -0.25) is 0 Å². The Balaban J connectivity index is 2.39. The first kappa shape index (κ1) is 16.1. The molecule has 0 spiro atoms.